The van der Waals surface area contributed by atoms with Crippen molar-refractivity contribution >= 4 is 23.2 Å². The molecule has 6 heteroatoms. The van der Waals surface area contributed by atoms with Crippen molar-refractivity contribution in [3.05, 3.63) is 52.5 Å². The van der Waals surface area contributed by atoms with Gasteiger partial charge in [0, 0.05) is 11.6 Å². The zero-order valence-electron chi connectivity index (χ0n) is 13.3. The first kappa shape index (κ1) is 16.5. The van der Waals surface area contributed by atoms with Crippen molar-refractivity contribution in [2.75, 3.05) is 19.5 Å². The summed E-state index contributed by atoms with van der Waals surface area (Å²) in [4.78, 5) is 12.7. The summed E-state index contributed by atoms with van der Waals surface area (Å²) in [7, 11) is 1.49. The number of methoxy groups -OCH3 is 1. The van der Waals surface area contributed by atoms with Crippen LogP contribution in [-0.4, -0.2) is 19.6 Å². The molecule has 0 fully saturated rings. The number of halogens is 1. The van der Waals surface area contributed by atoms with Crippen molar-refractivity contribution in [2.45, 2.75) is 18.9 Å². The number of nitrogens with two attached hydrogens (primary N) is 1. The van der Waals surface area contributed by atoms with E-state index in [9.17, 15) is 4.79 Å². The van der Waals surface area contributed by atoms with Gasteiger partial charge >= 0.3 is 0 Å². The highest BCUT2D eigenvalue weighted by atomic mass is 35.5. The van der Waals surface area contributed by atoms with Gasteiger partial charge in [0.2, 0.25) is 0 Å². The lowest BCUT2D eigenvalue weighted by Crippen LogP contribution is -2.28. The van der Waals surface area contributed by atoms with Crippen molar-refractivity contribution in [2.24, 2.45) is 0 Å². The summed E-state index contributed by atoms with van der Waals surface area (Å²) in [5.41, 5.74) is 7.48. The molecule has 0 bridgehead atoms. The molecule has 0 saturated carbocycles. The van der Waals surface area contributed by atoms with Crippen LogP contribution in [0.15, 0.2) is 36.4 Å². The molecule has 0 saturated heterocycles. The number of nitrogens with one attached hydrogen (secondary N) is 1. The Labute approximate surface area is 145 Å². The molecule has 126 valence electrons. The molecule has 1 unspecified atom stereocenters. The lowest BCUT2D eigenvalue weighted by atomic mass is 10.0. The number of carbonyl (C=O) groups is 1. The summed E-state index contributed by atoms with van der Waals surface area (Å²) in [6.07, 6.45) is 1.66. The summed E-state index contributed by atoms with van der Waals surface area (Å²) >= 11 is 6.06. The summed E-state index contributed by atoms with van der Waals surface area (Å²) in [5, 5.41) is 3.38. The Kier molecular flexibility index (Phi) is 4.81. The van der Waals surface area contributed by atoms with Gasteiger partial charge in [0.15, 0.2) is 0 Å². The molecule has 1 heterocycles. The van der Waals surface area contributed by atoms with Gasteiger partial charge in [-0.15, -0.1) is 0 Å². The quantitative estimate of drug-likeness (QED) is 0.833. The predicted molar refractivity (Wildman–Crippen MR) is 93.8 cm³/mol. The minimum atomic E-state index is -0.254. The van der Waals surface area contributed by atoms with Crippen molar-refractivity contribution in [3.63, 3.8) is 0 Å². The minimum absolute atomic E-state index is 0.128. The molecular weight excluding hydrogens is 328 g/mol. The molecule has 5 nitrogen and oxygen atoms in total. The molecule has 2 aromatic carbocycles. The highest BCUT2D eigenvalue weighted by Crippen LogP contribution is 2.33. The van der Waals surface area contributed by atoms with Gasteiger partial charge in [-0.2, -0.15) is 0 Å². The molecule has 1 amide bonds. The first-order valence-electron chi connectivity index (χ1n) is 7.75. The van der Waals surface area contributed by atoms with Crippen LogP contribution in [0.3, 0.4) is 0 Å². The highest BCUT2D eigenvalue weighted by Gasteiger charge is 2.23. The van der Waals surface area contributed by atoms with Crippen molar-refractivity contribution < 1.29 is 14.3 Å². The van der Waals surface area contributed by atoms with Gasteiger partial charge in [-0.05, 0) is 25.0 Å². The first-order chi connectivity index (χ1) is 11.6. The van der Waals surface area contributed by atoms with E-state index >= 15 is 0 Å². The summed E-state index contributed by atoms with van der Waals surface area (Å²) in [5.74, 6) is 0.950. The second-order valence-corrected chi connectivity index (χ2v) is 6.04. The van der Waals surface area contributed by atoms with Gasteiger partial charge in [0.1, 0.15) is 11.5 Å². The zero-order valence-corrected chi connectivity index (χ0v) is 14.1. The Morgan fingerprint density at radius 3 is 2.96 bits per heavy atom. The minimum Gasteiger partial charge on any atom is -0.496 e. The largest absolute Gasteiger partial charge is 0.496 e. The first-order valence-corrected chi connectivity index (χ1v) is 8.13. The Hall–Kier alpha value is -2.40. The molecule has 0 spiro atoms. The van der Waals surface area contributed by atoms with Crippen molar-refractivity contribution in [1.29, 1.82) is 0 Å². The topological polar surface area (TPSA) is 73.6 Å². The molecule has 0 radical (unpaired) electrons. The molecule has 0 aromatic heterocycles. The molecule has 1 aliphatic heterocycles. The smallest absolute Gasteiger partial charge is 0.255 e. The zero-order chi connectivity index (χ0) is 17.1. The Morgan fingerprint density at radius 2 is 2.17 bits per heavy atom. The molecule has 3 rings (SSSR count). The second kappa shape index (κ2) is 7.01. The SMILES string of the molecule is COc1cc(N)c(Cl)cc1C(=O)NC1CCCOc2ccccc21. The third kappa shape index (κ3) is 3.26. The van der Waals surface area contributed by atoms with E-state index in [0.29, 0.717) is 28.6 Å². The number of amides is 1. The number of nitrogen functional groups attached to an aromatic ring is 1. The van der Waals surface area contributed by atoms with Crippen molar-refractivity contribution in [1.82, 2.24) is 5.32 Å². The van der Waals surface area contributed by atoms with Crippen LogP contribution in [0.2, 0.25) is 5.02 Å². The lowest BCUT2D eigenvalue weighted by molar-refractivity contribution is 0.0931. The number of carbonyl (C=O) groups excluding carboxylic acids is 1. The van der Waals surface area contributed by atoms with E-state index in [0.717, 1.165) is 24.2 Å². The van der Waals surface area contributed by atoms with Crippen LogP contribution in [0.1, 0.15) is 34.8 Å². The number of ether oxygens (including phenoxy) is 2. The van der Waals surface area contributed by atoms with Crippen LogP contribution in [0, 0.1) is 0 Å². The van der Waals surface area contributed by atoms with E-state index in [2.05, 4.69) is 5.32 Å². The van der Waals surface area contributed by atoms with E-state index < -0.39 is 0 Å². The lowest BCUT2D eigenvalue weighted by Gasteiger charge is -2.19. The van der Waals surface area contributed by atoms with Gasteiger partial charge in [-0.25, -0.2) is 0 Å². The molecule has 24 heavy (non-hydrogen) atoms. The maximum absolute atomic E-state index is 12.7. The fraction of sp³-hybridized carbons (Fsp3) is 0.278. The standard InChI is InChI=1S/C18H19ClN2O3/c1-23-17-10-14(20)13(19)9-12(17)18(22)21-15-6-4-8-24-16-7-3-2-5-11(15)16/h2-3,5,7,9-10,15H,4,6,8,20H2,1H3,(H,21,22). The van der Waals surface area contributed by atoms with Crippen molar-refractivity contribution in [3.8, 4) is 11.5 Å². The van der Waals surface area contributed by atoms with Crippen LogP contribution in [0.5, 0.6) is 11.5 Å². The Bertz CT molecular complexity index is 764. The van der Waals surface area contributed by atoms with E-state index in [-0.39, 0.29) is 11.9 Å². The van der Waals surface area contributed by atoms with Crippen LogP contribution < -0.4 is 20.5 Å². The monoisotopic (exact) mass is 346 g/mol. The average molecular weight is 347 g/mol. The van der Waals surface area contributed by atoms with Gasteiger partial charge in [0.25, 0.3) is 5.91 Å². The molecular formula is C18H19ClN2O3. The van der Waals surface area contributed by atoms with E-state index in [1.165, 1.54) is 13.2 Å². The number of hydrogen-bond donors (Lipinski definition) is 2. The van der Waals surface area contributed by atoms with Crippen LogP contribution in [0.4, 0.5) is 5.69 Å². The third-order valence-corrected chi connectivity index (χ3v) is 4.39. The molecule has 2 aromatic rings. The fourth-order valence-corrected chi connectivity index (χ4v) is 2.99. The third-order valence-electron chi connectivity index (χ3n) is 4.06. The molecule has 0 aliphatic carbocycles. The Balaban J connectivity index is 1.89. The van der Waals surface area contributed by atoms with E-state index in [1.807, 2.05) is 24.3 Å². The summed E-state index contributed by atoms with van der Waals surface area (Å²) in [6, 6.07) is 10.7. The maximum Gasteiger partial charge on any atom is 0.255 e. The van der Waals surface area contributed by atoms with E-state index in [4.69, 9.17) is 26.8 Å². The van der Waals surface area contributed by atoms with E-state index in [1.54, 1.807) is 6.07 Å². The summed E-state index contributed by atoms with van der Waals surface area (Å²) in [6.45, 7) is 0.639. The number of benzene rings is 2. The summed E-state index contributed by atoms with van der Waals surface area (Å²) < 4.78 is 11.0. The number of fused-ring (bicyclic) bond motifs is 1. The molecule has 3 N–H and O–H groups in total. The number of rotatable bonds is 3. The van der Waals surface area contributed by atoms with Crippen LogP contribution >= 0.6 is 11.6 Å². The van der Waals surface area contributed by atoms with Gasteiger partial charge in [-0.1, -0.05) is 29.8 Å². The second-order valence-electron chi connectivity index (χ2n) is 5.63. The number of hydrogen-bond acceptors (Lipinski definition) is 4. The maximum atomic E-state index is 12.7. The Morgan fingerprint density at radius 1 is 1.38 bits per heavy atom. The molecule has 1 aliphatic rings. The number of anilines is 1. The van der Waals surface area contributed by atoms with Gasteiger partial charge in [0.05, 0.1) is 36.0 Å². The van der Waals surface area contributed by atoms with Gasteiger partial charge < -0.3 is 20.5 Å². The normalized spacial score (nSPS) is 16.5. The predicted octanol–water partition coefficient (Wildman–Crippen LogP) is 3.57. The van der Waals surface area contributed by atoms with Crippen LogP contribution in [0.25, 0.3) is 0 Å². The average Bonchev–Trinajstić information content (AvgIpc) is 2.79. The van der Waals surface area contributed by atoms with Gasteiger partial charge in [-0.3, -0.25) is 4.79 Å². The van der Waals surface area contributed by atoms with Crippen LogP contribution in [-0.2, 0) is 0 Å². The highest BCUT2D eigenvalue weighted by molar-refractivity contribution is 6.33. The number of para-hydroxylation sites is 1. The molecule has 1 atom stereocenters. The fourth-order valence-electron chi connectivity index (χ4n) is 2.83.